The van der Waals surface area contributed by atoms with Gasteiger partial charge in [-0.05, 0) is 19.3 Å². The van der Waals surface area contributed by atoms with E-state index in [0.29, 0.717) is 13.1 Å². The largest absolute Gasteiger partial charge is 0.378 e. The Kier molecular flexibility index (Phi) is 4.25. The van der Waals surface area contributed by atoms with Crippen molar-refractivity contribution in [3.8, 4) is 0 Å². The molecule has 1 aliphatic rings. The molecule has 0 N–H and O–H groups in total. The summed E-state index contributed by atoms with van der Waals surface area (Å²) in [5, 5.41) is 0.855. The molecule has 1 fully saturated rings. The summed E-state index contributed by atoms with van der Waals surface area (Å²) in [6, 6.07) is 0. The molecule has 0 aromatic carbocycles. The first kappa shape index (κ1) is 9.68. The van der Waals surface area contributed by atoms with E-state index >= 15 is 0 Å². The zero-order chi connectivity index (χ0) is 8.81. The average molecular weight is 173 g/mol. The summed E-state index contributed by atoms with van der Waals surface area (Å²) in [6.45, 7) is 5.36. The lowest BCUT2D eigenvalue weighted by Crippen LogP contribution is -2.32. The highest BCUT2D eigenvalue weighted by Crippen LogP contribution is 2.13. The number of rotatable bonds is 4. The molecule has 0 unspecified atom stereocenters. The maximum atomic E-state index is 12.5. The number of hydrogen-bond acceptors (Lipinski definition) is 2. The van der Waals surface area contributed by atoms with Crippen LogP contribution >= 0.6 is 0 Å². The van der Waals surface area contributed by atoms with Crippen LogP contribution in [0.25, 0.3) is 0 Å². The van der Waals surface area contributed by atoms with E-state index in [1.807, 2.05) is 6.08 Å². The summed E-state index contributed by atoms with van der Waals surface area (Å²) >= 11 is 0. The molecule has 3 heteroatoms. The molecule has 0 aromatic heterocycles. The van der Waals surface area contributed by atoms with Crippen molar-refractivity contribution in [1.29, 1.82) is 0 Å². The van der Waals surface area contributed by atoms with Crippen LogP contribution in [-0.4, -0.2) is 30.9 Å². The third-order valence-corrected chi connectivity index (χ3v) is 2.06. The SMILES string of the molecule is C=CCCOC1CCN(F)CC1. The van der Waals surface area contributed by atoms with Crippen molar-refractivity contribution in [3.05, 3.63) is 12.7 Å². The fraction of sp³-hybridized carbons (Fsp3) is 0.778. The van der Waals surface area contributed by atoms with Gasteiger partial charge >= 0.3 is 0 Å². The van der Waals surface area contributed by atoms with Gasteiger partial charge in [0.2, 0.25) is 0 Å². The third-order valence-electron chi connectivity index (χ3n) is 2.06. The minimum atomic E-state index is 0.261. The first-order valence-electron chi connectivity index (χ1n) is 4.46. The molecule has 12 heavy (non-hydrogen) atoms. The first-order chi connectivity index (χ1) is 5.83. The highest BCUT2D eigenvalue weighted by molar-refractivity contribution is 4.69. The molecule has 1 rings (SSSR count). The second kappa shape index (κ2) is 5.27. The van der Waals surface area contributed by atoms with Gasteiger partial charge in [-0.1, -0.05) is 6.08 Å². The van der Waals surface area contributed by atoms with Crippen LogP contribution < -0.4 is 0 Å². The number of nitrogens with zero attached hydrogens (tertiary/aromatic N) is 1. The summed E-state index contributed by atoms with van der Waals surface area (Å²) in [7, 11) is 0. The lowest BCUT2D eigenvalue weighted by molar-refractivity contribution is -0.0563. The predicted octanol–water partition coefficient (Wildman–Crippen LogP) is 1.93. The van der Waals surface area contributed by atoms with Crippen molar-refractivity contribution >= 4 is 0 Å². The van der Waals surface area contributed by atoms with Crippen molar-refractivity contribution in [2.45, 2.75) is 25.4 Å². The summed E-state index contributed by atoms with van der Waals surface area (Å²) in [6.07, 6.45) is 4.61. The van der Waals surface area contributed by atoms with Crippen LogP contribution in [0.4, 0.5) is 4.48 Å². The van der Waals surface area contributed by atoms with E-state index in [0.717, 1.165) is 31.0 Å². The van der Waals surface area contributed by atoms with Crippen LogP contribution in [0.15, 0.2) is 12.7 Å². The van der Waals surface area contributed by atoms with Crippen molar-refractivity contribution in [2.24, 2.45) is 0 Å². The van der Waals surface area contributed by atoms with Crippen molar-refractivity contribution in [1.82, 2.24) is 5.12 Å². The van der Waals surface area contributed by atoms with Gasteiger partial charge in [-0.3, -0.25) is 0 Å². The number of ether oxygens (including phenoxy) is 1. The van der Waals surface area contributed by atoms with Gasteiger partial charge in [0.05, 0.1) is 12.7 Å². The molecule has 0 radical (unpaired) electrons. The summed E-state index contributed by atoms with van der Waals surface area (Å²) in [5.74, 6) is 0. The zero-order valence-corrected chi connectivity index (χ0v) is 7.34. The molecule has 1 aliphatic heterocycles. The smallest absolute Gasteiger partial charge is 0.0601 e. The first-order valence-corrected chi connectivity index (χ1v) is 4.46. The van der Waals surface area contributed by atoms with Gasteiger partial charge in [0.25, 0.3) is 0 Å². The maximum Gasteiger partial charge on any atom is 0.0601 e. The van der Waals surface area contributed by atoms with E-state index in [1.54, 1.807) is 0 Å². The van der Waals surface area contributed by atoms with E-state index in [9.17, 15) is 4.48 Å². The number of hydrogen-bond donors (Lipinski definition) is 0. The highest BCUT2D eigenvalue weighted by atomic mass is 19.2. The standard InChI is InChI=1S/C9H16FNO/c1-2-3-8-12-9-4-6-11(10)7-5-9/h2,9H,1,3-8H2. The zero-order valence-electron chi connectivity index (χ0n) is 7.34. The van der Waals surface area contributed by atoms with Crippen LogP contribution in [-0.2, 0) is 4.74 Å². The minimum absolute atomic E-state index is 0.261. The molecule has 1 heterocycles. The van der Waals surface area contributed by atoms with Crippen LogP contribution in [0.2, 0.25) is 0 Å². The monoisotopic (exact) mass is 173 g/mol. The Bertz CT molecular complexity index is 132. The van der Waals surface area contributed by atoms with E-state index in [-0.39, 0.29) is 6.10 Å². The van der Waals surface area contributed by atoms with Crippen LogP contribution in [0, 0.1) is 0 Å². The fourth-order valence-electron chi connectivity index (χ4n) is 1.31. The van der Waals surface area contributed by atoms with E-state index in [1.165, 1.54) is 0 Å². The predicted molar refractivity (Wildman–Crippen MR) is 46.5 cm³/mol. The molecular formula is C9H16FNO. The molecule has 0 aromatic rings. The second-order valence-electron chi connectivity index (χ2n) is 3.06. The van der Waals surface area contributed by atoms with Gasteiger partial charge in [0, 0.05) is 13.1 Å². The second-order valence-corrected chi connectivity index (χ2v) is 3.06. The number of piperidine rings is 1. The average Bonchev–Trinajstić information content (AvgIpc) is 2.09. The van der Waals surface area contributed by atoms with Gasteiger partial charge < -0.3 is 4.74 Å². The Hall–Kier alpha value is -0.410. The lowest BCUT2D eigenvalue weighted by Gasteiger charge is -2.25. The molecule has 0 aliphatic carbocycles. The van der Waals surface area contributed by atoms with E-state index in [4.69, 9.17) is 4.74 Å². The normalized spacial score (nSPS) is 21.1. The molecular weight excluding hydrogens is 157 g/mol. The van der Waals surface area contributed by atoms with E-state index < -0.39 is 0 Å². The Morgan fingerprint density at radius 1 is 1.50 bits per heavy atom. The van der Waals surface area contributed by atoms with Crippen molar-refractivity contribution in [3.63, 3.8) is 0 Å². The highest BCUT2D eigenvalue weighted by Gasteiger charge is 2.18. The summed E-state index contributed by atoms with van der Waals surface area (Å²) in [5.41, 5.74) is 0. The topological polar surface area (TPSA) is 12.5 Å². The van der Waals surface area contributed by atoms with Crippen molar-refractivity contribution in [2.75, 3.05) is 19.7 Å². The maximum absolute atomic E-state index is 12.5. The third kappa shape index (κ3) is 3.32. The Labute approximate surface area is 72.9 Å². The van der Waals surface area contributed by atoms with Gasteiger partial charge in [-0.25, -0.2) is 0 Å². The Morgan fingerprint density at radius 3 is 2.75 bits per heavy atom. The molecule has 0 spiro atoms. The van der Waals surface area contributed by atoms with Gasteiger partial charge in [-0.2, -0.15) is 0 Å². The molecule has 0 bridgehead atoms. The Balaban J connectivity index is 2.05. The van der Waals surface area contributed by atoms with Crippen LogP contribution in [0.1, 0.15) is 19.3 Å². The molecule has 2 nitrogen and oxygen atoms in total. The minimum Gasteiger partial charge on any atom is -0.378 e. The lowest BCUT2D eigenvalue weighted by atomic mass is 10.1. The van der Waals surface area contributed by atoms with Crippen LogP contribution in [0.5, 0.6) is 0 Å². The molecule has 0 atom stereocenters. The van der Waals surface area contributed by atoms with Gasteiger partial charge in [0.1, 0.15) is 0 Å². The van der Waals surface area contributed by atoms with Gasteiger partial charge in [0.15, 0.2) is 0 Å². The summed E-state index contributed by atoms with van der Waals surface area (Å²) < 4.78 is 18.0. The summed E-state index contributed by atoms with van der Waals surface area (Å²) in [4.78, 5) is 0. The van der Waals surface area contributed by atoms with Crippen LogP contribution in [0.3, 0.4) is 0 Å². The molecule has 1 saturated heterocycles. The Morgan fingerprint density at radius 2 is 2.17 bits per heavy atom. The quantitative estimate of drug-likeness (QED) is 0.366. The van der Waals surface area contributed by atoms with E-state index in [2.05, 4.69) is 6.58 Å². The number of halogens is 1. The molecule has 0 saturated carbocycles. The molecule has 0 amide bonds. The van der Waals surface area contributed by atoms with Gasteiger partial charge in [-0.15, -0.1) is 16.2 Å². The fourth-order valence-corrected chi connectivity index (χ4v) is 1.31. The van der Waals surface area contributed by atoms with Crippen molar-refractivity contribution < 1.29 is 9.22 Å². The molecule has 70 valence electrons.